The van der Waals surface area contributed by atoms with Crippen LogP contribution in [0.1, 0.15) is 18.2 Å². The Morgan fingerprint density at radius 2 is 2.47 bits per heavy atom. The number of pyridine rings is 1. The van der Waals surface area contributed by atoms with Gasteiger partial charge in [0, 0.05) is 15.3 Å². The van der Waals surface area contributed by atoms with Gasteiger partial charge < -0.3 is 4.74 Å². The second kappa shape index (κ2) is 4.34. The molecule has 1 amide bonds. The summed E-state index contributed by atoms with van der Waals surface area (Å²) >= 11 is 2.26. The van der Waals surface area contributed by atoms with E-state index in [0.29, 0.717) is 19.7 Å². The first-order valence-electron chi connectivity index (χ1n) is 4.76. The zero-order valence-electron chi connectivity index (χ0n) is 8.36. The first-order valence-corrected chi connectivity index (χ1v) is 5.84. The summed E-state index contributed by atoms with van der Waals surface area (Å²) in [6.07, 6.45) is 1.52. The number of fused-ring (bicyclic) bond motifs is 1. The molecular formula is C10H11IN2O2. The lowest BCUT2D eigenvalue weighted by atomic mass is 10.2. The number of hydrogen-bond donors (Lipinski definition) is 0. The lowest BCUT2D eigenvalue weighted by molar-refractivity contribution is 0.106. The summed E-state index contributed by atoms with van der Waals surface area (Å²) < 4.78 is 6.11. The summed E-state index contributed by atoms with van der Waals surface area (Å²) in [7, 11) is 0. The van der Waals surface area contributed by atoms with Crippen LogP contribution in [0.5, 0.6) is 0 Å². The van der Waals surface area contributed by atoms with Crippen molar-refractivity contribution in [2.75, 3.05) is 6.61 Å². The quantitative estimate of drug-likeness (QED) is 0.745. The number of hydrogen-bond acceptors (Lipinski definition) is 3. The fourth-order valence-corrected chi connectivity index (χ4v) is 2.23. The van der Waals surface area contributed by atoms with E-state index in [1.54, 1.807) is 11.1 Å². The minimum atomic E-state index is -0.258. The molecule has 0 unspecified atom stereocenters. The summed E-state index contributed by atoms with van der Waals surface area (Å²) in [5.74, 6) is 0. The van der Waals surface area contributed by atoms with Crippen LogP contribution >= 0.6 is 22.6 Å². The molecule has 2 rings (SSSR count). The lowest BCUT2D eigenvalue weighted by Crippen LogP contribution is -2.26. The summed E-state index contributed by atoms with van der Waals surface area (Å²) in [5.41, 5.74) is 2.13. The highest BCUT2D eigenvalue weighted by atomic mass is 127. The van der Waals surface area contributed by atoms with E-state index in [0.717, 1.165) is 14.8 Å². The Labute approximate surface area is 102 Å². The third-order valence-electron chi connectivity index (χ3n) is 2.30. The van der Waals surface area contributed by atoms with Crippen molar-refractivity contribution in [1.82, 2.24) is 9.88 Å². The Kier molecular flexibility index (Phi) is 3.08. The molecule has 4 nitrogen and oxygen atoms in total. The van der Waals surface area contributed by atoms with Gasteiger partial charge in [-0.1, -0.05) is 0 Å². The van der Waals surface area contributed by atoms with Gasteiger partial charge >= 0.3 is 6.09 Å². The highest BCUT2D eigenvalue weighted by molar-refractivity contribution is 14.1. The number of carbonyl (C=O) groups excluding carboxylic acids is 1. The minimum Gasteiger partial charge on any atom is -0.450 e. The highest BCUT2D eigenvalue weighted by Gasteiger charge is 2.26. The fourth-order valence-electron chi connectivity index (χ4n) is 1.58. The maximum Gasteiger partial charge on any atom is 0.410 e. The van der Waals surface area contributed by atoms with Gasteiger partial charge in [0.15, 0.2) is 0 Å². The molecule has 0 N–H and O–H groups in total. The van der Waals surface area contributed by atoms with Crippen LogP contribution in [0.15, 0.2) is 12.3 Å². The van der Waals surface area contributed by atoms with Crippen LogP contribution < -0.4 is 0 Å². The average Bonchev–Trinajstić information content (AvgIpc) is 2.63. The highest BCUT2D eigenvalue weighted by Crippen LogP contribution is 2.25. The predicted molar refractivity (Wildman–Crippen MR) is 63.2 cm³/mol. The van der Waals surface area contributed by atoms with E-state index in [4.69, 9.17) is 4.74 Å². The molecule has 1 aliphatic heterocycles. The zero-order chi connectivity index (χ0) is 10.8. The van der Waals surface area contributed by atoms with Crippen LogP contribution in [0.25, 0.3) is 0 Å². The number of carbonyl (C=O) groups is 1. The van der Waals surface area contributed by atoms with E-state index in [1.165, 1.54) is 0 Å². The monoisotopic (exact) mass is 318 g/mol. The largest absolute Gasteiger partial charge is 0.450 e. The van der Waals surface area contributed by atoms with E-state index < -0.39 is 0 Å². The van der Waals surface area contributed by atoms with Crippen molar-refractivity contribution in [3.8, 4) is 0 Å². The molecule has 5 heteroatoms. The lowest BCUT2D eigenvalue weighted by Gasteiger charge is -2.13. The van der Waals surface area contributed by atoms with Crippen molar-refractivity contribution in [1.29, 1.82) is 0 Å². The Balaban J connectivity index is 2.15. The molecule has 0 spiro atoms. The second-order valence-corrected chi connectivity index (χ2v) is 4.44. The fraction of sp³-hybridized carbons (Fsp3) is 0.400. The van der Waals surface area contributed by atoms with Crippen molar-refractivity contribution >= 4 is 28.7 Å². The van der Waals surface area contributed by atoms with Gasteiger partial charge in [-0.05, 0) is 35.6 Å². The Hall–Kier alpha value is -0.850. The van der Waals surface area contributed by atoms with Gasteiger partial charge in [-0.2, -0.15) is 0 Å². The summed E-state index contributed by atoms with van der Waals surface area (Å²) in [5, 5.41) is 0. The van der Waals surface area contributed by atoms with E-state index >= 15 is 0 Å². The number of ether oxygens (including phenoxy) is 1. The summed E-state index contributed by atoms with van der Waals surface area (Å²) in [4.78, 5) is 17.4. The Bertz CT molecular complexity index is 395. The molecule has 80 valence electrons. The number of rotatable bonds is 1. The molecule has 1 aliphatic rings. The molecule has 0 radical (unpaired) electrons. The van der Waals surface area contributed by atoms with Gasteiger partial charge in [-0.25, -0.2) is 4.79 Å². The predicted octanol–water partition coefficient (Wildman–Crippen LogP) is 2.16. The molecule has 15 heavy (non-hydrogen) atoms. The standard InChI is InChI=1S/C10H11IN2O2/c1-2-15-10(14)13-5-7-8(11)3-4-12-9(7)6-13/h3-4H,2,5-6H2,1H3. The molecule has 0 aromatic carbocycles. The first kappa shape index (κ1) is 10.7. The molecule has 0 saturated carbocycles. The third kappa shape index (κ3) is 2.06. The number of halogens is 1. The second-order valence-electron chi connectivity index (χ2n) is 3.27. The molecule has 1 aromatic rings. The summed E-state index contributed by atoms with van der Waals surface area (Å²) in [6, 6.07) is 1.95. The Morgan fingerprint density at radius 3 is 3.13 bits per heavy atom. The molecule has 0 bridgehead atoms. The normalized spacial score (nSPS) is 13.9. The van der Waals surface area contributed by atoms with Gasteiger partial charge in [0.05, 0.1) is 25.4 Å². The zero-order valence-corrected chi connectivity index (χ0v) is 10.5. The van der Waals surface area contributed by atoms with Gasteiger partial charge in [-0.3, -0.25) is 9.88 Å². The van der Waals surface area contributed by atoms with Crippen LogP contribution in [-0.4, -0.2) is 22.6 Å². The van der Waals surface area contributed by atoms with Crippen molar-refractivity contribution in [3.63, 3.8) is 0 Å². The van der Waals surface area contributed by atoms with Crippen LogP contribution in [0.3, 0.4) is 0 Å². The van der Waals surface area contributed by atoms with Crippen LogP contribution in [-0.2, 0) is 17.8 Å². The third-order valence-corrected chi connectivity index (χ3v) is 3.31. The maximum absolute atomic E-state index is 11.5. The van der Waals surface area contributed by atoms with Gasteiger partial charge in [0.2, 0.25) is 0 Å². The number of nitrogens with zero attached hydrogens (tertiary/aromatic N) is 2. The van der Waals surface area contributed by atoms with Gasteiger partial charge in [0.25, 0.3) is 0 Å². The molecule has 0 aliphatic carbocycles. The minimum absolute atomic E-state index is 0.258. The smallest absolute Gasteiger partial charge is 0.410 e. The van der Waals surface area contributed by atoms with Crippen LogP contribution in [0.4, 0.5) is 4.79 Å². The van der Waals surface area contributed by atoms with E-state index in [1.807, 2.05) is 13.0 Å². The van der Waals surface area contributed by atoms with E-state index in [9.17, 15) is 4.79 Å². The molecular weight excluding hydrogens is 307 g/mol. The van der Waals surface area contributed by atoms with Crippen LogP contribution in [0, 0.1) is 3.57 Å². The maximum atomic E-state index is 11.5. The molecule has 0 fully saturated rings. The SMILES string of the molecule is CCOC(=O)N1Cc2nccc(I)c2C1. The average molecular weight is 318 g/mol. The van der Waals surface area contributed by atoms with E-state index in [-0.39, 0.29) is 6.09 Å². The van der Waals surface area contributed by atoms with Gasteiger partial charge in [-0.15, -0.1) is 0 Å². The Morgan fingerprint density at radius 1 is 1.67 bits per heavy atom. The molecule has 0 saturated heterocycles. The molecule has 0 atom stereocenters. The van der Waals surface area contributed by atoms with Crippen molar-refractivity contribution in [2.45, 2.75) is 20.0 Å². The topological polar surface area (TPSA) is 42.4 Å². The van der Waals surface area contributed by atoms with Crippen molar-refractivity contribution in [2.24, 2.45) is 0 Å². The van der Waals surface area contributed by atoms with Crippen LogP contribution in [0.2, 0.25) is 0 Å². The summed E-state index contributed by atoms with van der Waals surface area (Å²) in [6.45, 7) is 3.39. The molecule has 2 heterocycles. The van der Waals surface area contributed by atoms with E-state index in [2.05, 4.69) is 27.6 Å². The number of aromatic nitrogens is 1. The van der Waals surface area contributed by atoms with Crippen molar-refractivity contribution in [3.05, 3.63) is 27.1 Å². The molecule has 1 aromatic heterocycles. The van der Waals surface area contributed by atoms with Crippen molar-refractivity contribution < 1.29 is 9.53 Å². The first-order chi connectivity index (χ1) is 7.22. The van der Waals surface area contributed by atoms with Gasteiger partial charge in [0.1, 0.15) is 0 Å². The number of amides is 1.